The SMILES string of the molecule is C[C@H]1CN(S(=O)(=O)C2(C(=O)O)CCc3ccccc32)CCN1c1ccc(OC(F)(F)F)cc1. The lowest BCUT2D eigenvalue weighted by atomic mass is 10.0. The molecule has 1 saturated heterocycles. The van der Waals surface area contributed by atoms with Crippen molar-refractivity contribution in [1.82, 2.24) is 4.31 Å². The van der Waals surface area contributed by atoms with Crippen LogP contribution in [0.4, 0.5) is 18.9 Å². The van der Waals surface area contributed by atoms with Crippen LogP contribution in [0.25, 0.3) is 0 Å². The van der Waals surface area contributed by atoms with E-state index in [-0.39, 0.29) is 37.8 Å². The van der Waals surface area contributed by atoms with E-state index in [1.807, 2.05) is 4.90 Å². The van der Waals surface area contributed by atoms with Crippen LogP contribution in [0.15, 0.2) is 48.5 Å². The Morgan fingerprint density at radius 2 is 1.79 bits per heavy atom. The highest BCUT2D eigenvalue weighted by molar-refractivity contribution is 7.90. The van der Waals surface area contributed by atoms with E-state index < -0.39 is 27.1 Å². The van der Waals surface area contributed by atoms with Crippen molar-refractivity contribution in [1.29, 1.82) is 0 Å². The Hall–Kier alpha value is -2.79. The summed E-state index contributed by atoms with van der Waals surface area (Å²) in [4.78, 5) is 14.2. The van der Waals surface area contributed by atoms with E-state index in [1.54, 1.807) is 31.2 Å². The number of hydrogen-bond donors (Lipinski definition) is 1. The molecule has 0 saturated carbocycles. The van der Waals surface area contributed by atoms with Crippen molar-refractivity contribution in [2.24, 2.45) is 0 Å². The lowest BCUT2D eigenvalue weighted by molar-refractivity contribution is -0.274. The number of rotatable bonds is 5. The van der Waals surface area contributed by atoms with Gasteiger partial charge in [-0.3, -0.25) is 4.79 Å². The Kier molecular flexibility index (Phi) is 5.81. The maximum absolute atomic E-state index is 13.7. The number of piperazine rings is 1. The standard InChI is InChI=1S/C22H23F3N2O5S/c1-15-14-26(12-13-27(15)17-6-8-18(9-7-17)32-22(23,24)25)33(30,31)21(20(28)29)11-10-16-4-2-3-5-19(16)21/h2-9,15H,10-14H2,1H3,(H,28,29)/t15-,21?/m0/s1. The van der Waals surface area contributed by atoms with Gasteiger partial charge in [0.05, 0.1) is 0 Å². The molecule has 178 valence electrons. The molecule has 2 aliphatic rings. The topological polar surface area (TPSA) is 87.2 Å². The molecule has 1 aliphatic heterocycles. The van der Waals surface area contributed by atoms with Gasteiger partial charge in [-0.05, 0) is 55.2 Å². The van der Waals surface area contributed by atoms with E-state index in [2.05, 4.69) is 4.74 Å². The molecular formula is C22H23F3N2O5S. The minimum Gasteiger partial charge on any atom is -0.480 e. The molecule has 2 atom stereocenters. The molecule has 2 aromatic rings. The number of benzene rings is 2. The summed E-state index contributed by atoms with van der Waals surface area (Å²) in [6.45, 7) is 2.17. The second-order valence-corrected chi connectivity index (χ2v) is 10.4. The number of carboxylic acid groups (broad SMARTS) is 1. The molecule has 1 aliphatic carbocycles. The van der Waals surface area contributed by atoms with Gasteiger partial charge in [0.1, 0.15) is 5.75 Å². The normalized spacial score (nSPS) is 23.9. The van der Waals surface area contributed by atoms with E-state index >= 15 is 0 Å². The molecule has 0 aromatic heterocycles. The van der Waals surface area contributed by atoms with Crippen LogP contribution in [0.3, 0.4) is 0 Å². The number of aliphatic carboxylic acids is 1. The Bertz CT molecular complexity index is 1150. The highest BCUT2D eigenvalue weighted by Gasteiger charge is 2.58. The van der Waals surface area contributed by atoms with Crippen LogP contribution in [-0.4, -0.2) is 55.8 Å². The fourth-order valence-corrected chi connectivity index (χ4v) is 7.00. The van der Waals surface area contributed by atoms with E-state index in [1.165, 1.54) is 28.6 Å². The number of ether oxygens (including phenoxy) is 1. The van der Waals surface area contributed by atoms with Crippen molar-refractivity contribution in [3.05, 3.63) is 59.7 Å². The number of nitrogens with zero attached hydrogens (tertiary/aromatic N) is 2. The van der Waals surface area contributed by atoms with Gasteiger partial charge in [-0.25, -0.2) is 8.42 Å². The highest BCUT2D eigenvalue weighted by atomic mass is 32.2. The van der Waals surface area contributed by atoms with Crippen LogP contribution in [0.1, 0.15) is 24.5 Å². The van der Waals surface area contributed by atoms with Crippen LogP contribution in [0, 0.1) is 0 Å². The average molecular weight is 484 g/mol. The number of sulfonamides is 1. The van der Waals surface area contributed by atoms with Gasteiger partial charge >= 0.3 is 12.3 Å². The molecule has 33 heavy (non-hydrogen) atoms. The first-order chi connectivity index (χ1) is 15.5. The number of alkyl halides is 3. The molecule has 0 radical (unpaired) electrons. The first-order valence-electron chi connectivity index (χ1n) is 10.4. The number of carbonyl (C=O) groups is 1. The molecule has 1 unspecified atom stereocenters. The molecule has 2 aromatic carbocycles. The summed E-state index contributed by atoms with van der Waals surface area (Å²) >= 11 is 0. The first kappa shape index (κ1) is 23.4. The second kappa shape index (κ2) is 8.21. The summed E-state index contributed by atoms with van der Waals surface area (Å²) in [5, 5.41) is 10.1. The maximum Gasteiger partial charge on any atom is 0.573 e. The van der Waals surface area contributed by atoms with Crippen molar-refractivity contribution in [3.63, 3.8) is 0 Å². The van der Waals surface area contributed by atoms with Crippen molar-refractivity contribution in [2.75, 3.05) is 24.5 Å². The number of aryl methyl sites for hydroxylation is 1. The number of carboxylic acids is 1. The van der Waals surface area contributed by atoms with Gasteiger partial charge in [-0.15, -0.1) is 13.2 Å². The predicted molar refractivity (Wildman–Crippen MR) is 115 cm³/mol. The third-order valence-electron chi connectivity index (χ3n) is 6.32. The van der Waals surface area contributed by atoms with Gasteiger partial charge in [-0.1, -0.05) is 24.3 Å². The largest absolute Gasteiger partial charge is 0.573 e. The Balaban J connectivity index is 1.55. The van der Waals surface area contributed by atoms with Gasteiger partial charge in [0.2, 0.25) is 14.8 Å². The molecule has 0 amide bonds. The van der Waals surface area contributed by atoms with E-state index in [0.717, 1.165) is 5.56 Å². The Labute approximate surface area is 189 Å². The fraction of sp³-hybridized carbons (Fsp3) is 0.409. The van der Waals surface area contributed by atoms with Gasteiger partial charge in [0, 0.05) is 31.4 Å². The number of fused-ring (bicyclic) bond motifs is 1. The zero-order valence-electron chi connectivity index (χ0n) is 17.7. The van der Waals surface area contributed by atoms with Crippen molar-refractivity contribution < 1.29 is 36.2 Å². The van der Waals surface area contributed by atoms with Gasteiger partial charge in [0.25, 0.3) is 0 Å². The molecule has 1 N–H and O–H groups in total. The fourth-order valence-electron chi connectivity index (χ4n) is 4.76. The molecule has 0 spiro atoms. The number of hydrogen-bond acceptors (Lipinski definition) is 5. The van der Waals surface area contributed by atoms with E-state index in [0.29, 0.717) is 17.7 Å². The van der Waals surface area contributed by atoms with E-state index in [4.69, 9.17) is 0 Å². The van der Waals surface area contributed by atoms with Crippen LogP contribution in [0.2, 0.25) is 0 Å². The van der Waals surface area contributed by atoms with Gasteiger partial charge < -0.3 is 14.7 Å². The Morgan fingerprint density at radius 3 is 2.39 bits per heavy atom. The summed E-state index contributed by atoms with van der Waals surface area (Å²) in [5.41, 5.74) is 1.65. The maximum atomic E-state index is 13.7. The molecule has 11 heteroatoms. The summed E-state index contributed by atoms with van der Waals surface area (Å²) in [7, 11) is -4.24. The van der Waals surface area contributed by atoms with Crippen molar-refractivity contribution in [3.8, 4) is 5.75 Å². The third kappa shape index (κ3) is 4.04. The highest BCUT2D eigenvalue weighted by Crippen LogP contribution is 2.45. The zero-order valence-corrected chi connectivity index (χ0v) is 18.6. The molecule has 4 rings (SSSR count). The average Bonchev–Trinajstić information content (AvgIpc) is 3.15. The van der Waals surface area contributed by atoms with Gasteiger partial charge in [-0.2, -0.15) is 4.31 Å². The minimum absolute atomic E-state index is 0.0285. The zero-order chi connectivity index (χ0) is 24.0. The van der Waals surface area contributed by atoms with Crippen LogP contribution in [0.5, 0.6) is 5.75 Å². The quantitative estimate of drug-likeness (QED) is 0.701. The lowest BCUT2D eigenvalue weighted by Crippen LogP contribution is -2.58. The van der Waals surface area contributed by atoms with Crippen molar-refractivity contribution in [2.45, 2.75) is 36.9 Å². The molecule has 0 bridgehead atoms. The first-order valence-corrected chi connectivity index (χ1v) is 11.8. The summed E-state index contributed by atoms with van der Waals surface area (Å²) in [5.74, 6) is -1.73. The van der Waals surface area contributed by atoms with E-state index in [9.17, 15) is 31.5 Å². The molecule has 1 fully saturated rings. The monoisotopic (exact) mass is 484 g/mol. The van der Waals surface area contributed by atoms with Gasteiger partial charge in [0.15, 0.2) is 0 Å². The van der Waals surface area contributed by atoms with Crippen LogP contribution < -0.4 is 9.64 Å². The predicted octanol–water partition coefficient (Wildman–Crippen LogP) is 3.35. The molecule has 7 nitrogen and oxygen atoms in total. The summed E-state index contributed by atoms with van der Waals surface area (Å²) in [6.07, 6.45) is -4.45. The van der Waals surface area contributed by atoms with Crippen LogP contribution >= 0.6 is 0 Å². The van der Waals surface area contributed by atoms with Crippen LogP contribution in [-0.2, 0) is 26.0 Å². The summed E-state index contributed by atoms with van der Waals surface area (Å²) < 4.78 is 67.6. The number of anilines is 1. The third-order valence-corrected chi connectivity index (χ3v) is 8.81. The smallest absolute Gasteiger partial charge is 0.480 e. The lowest BCUT2D eigenvalue weighted by Gasteiger charge is -2.43. The number of halogens is 3. The minimum atomic E-state index is -4.78. The molecular weight excluding hydrogens is 461 g/mol. The summed E-state index contributed by atoms with van der Waals surface area (Å²) in [6, 6.07) is 11.8. The molecule has 1 heterocycles. The van der Waals surface area contributed by atoms with Crippen molar-refractivity contribution >= 4 is 21.7 Å². The second-order valence-electron chi connectivity index (χ2n) is 8.24. The Morgan fingerprint density at radius 1 is 1.12 bits per heavy atom.